The zero-order chi connectivity index (χ0) is 21.6. The summed E-state index contributed by atoms with van der Waals surface area (Å²) in [7, 11) is 0. The molecule has 3 aromatic carbocycles. The Morgan fingerprint density at radius 1 is 0.935 bits per heavy atom. The van der Waals surface area contributed by atoms with Gasteiger partial charge in [0.25, 0.3) is 5.91 Å². The van der Waals surface area contributed by atoms with Crippen LogP contribution in [0.2, 0.25) is 0 Å². The van der Waals surface area contributed by atoms with E-state index in [0.717, 1.165) is 34.7 Å². The van der Waals surface area contributed by atoms with Crippen LogP contribution in [0.25, 0.3) is 10.8 Å². The Morgan fingerprint density at radius 2 is 1.65 bits per heavy atom. The van der Waals surface area contributed by atoms with Crippen LogP contribution in [0.4, 0.5) is 0 Å². The quantitative estimate of drug-likeness (QED) is 0.593. The van der Waals surface area contributed by atoms with E-state index in [-0.39, 0.29) is 23.5 Å². The highest BCUT2D eigenvalue weighted by molar-refractivity contribution is 6.07. The largest absolute Gasteiger partial charge is 0.508 e. The molecular weight excluding hydrogens is 388 g/mol. The number of amides is 2. The maximum absolute atomic E-state index is 13.1. The number of nitrogens with one attached hydrogen (secondary N) is 1. The first-order valence-corrected chi connectivity index (χ1v) is 10.9. The van der Waals surface area contributed by atoms with E-state index in [1.54, 1.807) is 12.1 Å². The van der Waals surface area contributed by atoms with E-state index in [4.69, 9.17) is 0 Å². The van der Waals surface area contributed by atoms with Gasteiger partial charge in [-0.1, -0.05) is 48.5 Å². The lowest BCUT2D eigenvalue weighted by Gasteiger charge is -2.31. The number of likely N-dealkylation sites (tertiary alicyclic amines) is 1. The van der Waals surface area contributed by atoms with Crippen LogP contribution < -0.4 is 5.32 Å². The lowest BCUT2D eigenvalue weighted by molar-refractivity contribution is -0.126. The third-order valence-corrected chi connectivity index (χ3v) is 6.05. The van der Waals surface area contributed by atoms with E-state index in [0.29, 0.717) is 32.5 Å². The van der Waals surface area contributed by atoms with Crippen molar-refractivity contribution in [2.24, 2.45) is 5.92 Å². The van der Waals surface area contributed by atoms with Gasteiger partial charge in [-0.05, 0) is 60.2 Å². The minimum Gasteiger partial charge on any atom is -0.508 e. The van der Waals surface area contributed by atoms with Crippen LogP contribution in [-0.2, 0) is 11.2 Å². The number of nitrogens with zero attached hydrogens (tertiary/aromatic N) is 1. The topological polar surface area (TPSA) is 69.6 Å². The number of rotatable bonds is 6. The van der Waals surface area contributed by atoms with Gasteiger partial charge in [-0.25, -0.2) is 0 Å². The van der Waals surface area contributed by atoms with Crippen molar-refractivity contribution in [3.05, 3.63) is 77.9 Å². The molecule has 0 radical (unpaired) electrons. The van der Waals surface area contributed by atoms with Crippen molar-refractivity contribution in [1.29, 1.82) is 0 Å². The number of phenolic OH excluding ortho intramolecular Hbond substituents is 1. The second kappa shape index (κ2) is 9.65. The maximum Gasteiger partial charge on any atom is 0.254 e. The van der Waals surface area contributed by atoms with Gasteiger partial charge in [0.2, 0.25) is 5.91 Å². The molecule has 5 heteroatoms. The van der Waals surface area contributed by atoms with Crippen molar-refractivity contribution >= 4 is 22.6 Å². The number of aromatic hydroxyl groups is 1. The van der Waals surface area contributed by atoms with Crippen LogP contribution in [-0.4, -0.2) is 41.5 Å². The number of aryl methyl sites for hydroxylation is 1. The third-order valence-electron chi connectivity index (χ3n) is 6.05. The summed E-state index contributed by atoms with van der Waals surface area (Å²) in [4.78, 5) is 27.5. The van der Waals surface area contributed by atoms with Gasteiger partial charge in [-0.3, -0.25) is 9.59 Å². The molecule has 0 spiro atoms. The molecule has 2 amide bonds. The molecule has 0 aromatic heterocycles. The lowest BCUT2D eigenvalue weighted by Crippen LogP contribution is -2.43. The average molecular weight is 417 g/mol. The van der Waals surface area contributed by atoms with E-state index >= 15 is 0 Å². The van der Waals surface area contributed by atoms with Crippen molar-refractivity contribution in [2.75, 3.05) is 19.6 Å². The highest BCUT2D eigenvalue weighted by atomic mass is 16.3. The summed E-state index contributed by atoms with van der Waals surface area (Å²) in [5, 5.41) is 14.4. The molecule has 0 bridgehead atoms. The second-order valence-corrected chi connectivity index (χ2v) is 8.15. The Labute approximate surface area is 182 Å². The van der Waals surface area contributed by atoms with Crippen molar-refractivity contribution in [1.82, 2.24) is 10.2 Å². The smallest absolute Gasteiger partial charge is 0.254 e. The van der Waals surface area contributed by atoms with Gasteiger partial charge >= 0.3 is 0 Å². The molecule has 160 valence electrons. The summed E-state index contributed by atoms with van der Waals surface area (Å²) in [6, 6.07) is 20.9. The van der Waals surface area contributed by atoms with E-state index in [2.05, 4.69) is 5.32 Å². The first-order chi connectivity index (χ1) is 15.1. The molecule has 1 aliphatic rings. The lowest BCUT2D eigenvalue weighted by atomic mass is 9.94. The summed E-state index contributed by atoms with van der Waals surface area (Å²) in [6.07, 6.45) is 3.11. The van der Waals surface area contributed by atoms with Crippen molar-refractivity contribution in [2.45, 2.75) is 25.7 Å². The number of benzene rings is 3. The van der Waals surface area contributed by atoms with Crippen LogP contribution >= 0.6 is 0 Å². The normalized spacial score (nSPS) is 14.5. The van der Waals surface area contributed by atoms with E-state index in [1.807, 2.05) is 59.5 Å². The van der Waals surface area contributed by atoms with Crippen LogP contribution in [0, 0.1) is 5.92 Å². The van der Waals surface area contributed by atoms with Gasteiger partial charge in [-0.2, -0.15) is 0 Å². The fourth-order valence-electron chi connectivity index (χ4n) is 4.24. The van der Waals surface area contributed by atoms with E-state index in [1.165, 1.54) is 0 Å². The van der Waals surface area contributed by atoms with E-state index in [9.17, 15) is 14.7 Å². The molecule has 1 fully saturated rings. The molecule has 0 saturated carbocycles. The zero-order valence-electron chi connectivity index (χ0n) is 17.6. The minimum absolute atomic E-state index is 0.0368. The predicted octanol–water partition coefficient (Wildman–Crippen LogP) is 4.15. The van der Waals surface area contributed by atoms with Gasteiger partial charge < -0.3 is 15.3 Å². The molecule has 5 nitrogen and oxygen atoms in total. The van der Waals surface area contributed by atoms with Crippen LogP contribution in [0.3, 0.4) is 0 Å². The Hall–Kier alpha value is -3.34. The summed E-state index contributed by atoms with van der Waals surface area (Å²) in [5.41, 5.74) is 1.88. The van der Waals surface area contributed by atoms with Gasteiger partial charge in [0, 0.05) is 31.1 Å². The zero-order valence-corrected chi connectivity index (χ0v) is 17.6. The molecule has 31 heavy (non-hydrogen) atoms. The highest BCUT2D eigenvalue weighted by Gasteiger charge is 2.28. The third kappa shape index (κ3) is 5.05. The van der Waals surface area contributed by atoms with Gasteiger partial charge in [0.05, 0.1) is 0 Å². The molecular formula is C26H28N2O3. The van der Waals surface area contributed by atoms with E-state index < -0.39 is 0 Å². The number of piperidine rings is 1. The highest BCUT2D eigenvalue weighted by Crippen LogP contribution is 2.23. The Kier molecular flexibility index (Phi) is 6.51. The number of hydrogen-bond acceptors (Lipinski definition) is 3. The van der Waals surface area contributed by atoms with Gasteiger partial charge in [0.1, 0.15) is 5.75 Å². The monoisotopic (exact) mass is 416 g/mol. The molecule has 4 rings (SSSR count). The average Bonchev–Trinajstić information content (AvgIpc) is 2.82. The van der Waals surface area contributed by atoms with Crippen molar-refractivity contribution in [3.8, 4) is 5.75 Å². The molecule has 1 aliphatic heterocycles. The fraction of sp³-hybridized carbons (Fsp3) is 0.308. The number of fused-ring (bicyclic) bond motifs is 1. The fourth-order valence-corrected chi connectivity index (χ4v) is 4.24. The first kappa shape index (κ1) is 20.9. The first-order valence-electron chi connectivity index (χ1n) is 10.9. The Morgan fingerprint density at radius 3 is 2.42 bits per heavy atom. The summed E-state index contributed by atoms with van der Waals surface area (Å²) in [5.74, 6) is 0.361. The van der Waals surface area contributed by atoms with Gasteiger partial charge in [0.15, 0.2) is 0 Å². The predicted molar refractivity (Wildman–Crippen MR) is 122 cm³/mol. The Balaban J connectivity index is 1.24. The standard InChI is InChI=1S/C26H28N2O3/c29-22-12-10-19(11-13-22)5-4-16-27-25(30)21-14-17-28(18-15-21)26(31)24-9-3-7-20-6-1-2-8-23(20)24/h1-3,6-13,21,29H,4-5,14-18H2,(H,27,30). The number of carbonyl (C=O) groups excluding carboxylic acids is 2. The molecule has 0 unspecified atom stereocenters. The summed E-state index contributed by atoms with van der Waals surface area (Å²) >= 11 is 0. The molecule has 3 aromatic rings. The molecule has 1 saturated heterocycles. The number of carbonyl (C=O) groups is 2. The van der Waals surface area contributed by atoms with Crippen LogP contribution in [0.15, 0.2) is 66.7 Å². The molecule has 0 atom stereocenters. The minimum atomic E-state index is -0.0368. The Bertz CT molecular complexity index is 1050. The number of hydrogen-bond donors (Lipinski definition) is 2. The molecule has 0 aliphatic carbocycles. The van der Waals surface area contributed by atoms with Crippen LogP contribution in [0.1, 0.15) is 35.2 Å². The summed E-state index contributed by atoms with van der Waals surface area (Å²) < 4.78 is 0. The van der Waals surface area contributed by atoms with Crippen LogP contribution in [0.5, 0.6) is 5.75 Å². The second-order valence-electron chi connectivity index (χ2n) is 8.15. The SMILES string of the molecule is O=C(NCCCc1ccc(O)cc1)C1CCN(C(=O)c2cccc3ccccc23)CC1. The number of phenols is 1. The summed E-state index contributed by atoms with van der Waals surface area (Å²) in [6.45, 7) is 1.84. The van der Waals surface area contributed by atoms with Crippen molar-refractivity contribution < 1.29 is 14.7 Å². The van der Waals surface area contributed by atoms with Crippen molar-refractivity contribution in [3.63, 3.8) is 0 Å². The molecule has 2 N–H and O–H groups in total. The maximum atomic E-state index is 13.1. The molecule has 1 heterocycles. The van der Waals surface area contributed by atoms with Gasteiger partial charge in [-0.15, -0.1) is 0 Å².